The average molecular weight is 211 g/mol. The molecule has 0 fully saturated rings. The molecule has 1 rings (SSSR count). The van der Waals surface area contributed by atoms with Crippen molar-refractivity contribution in [2.45, 2.75) is 13.8 Å². The highest BCUT2D eigenvalue weighted by atomic mass is 16.1. The molecular formula is C9H17N5O. The van der Waals surface area contributed by atoms with Crippen LogP contribution in [0.4, 0.5) is 0 Å². The van der Waals surface area contributed by atoms with E-state index >= 15 is 0 Å². The van der Waals surface area contributed by atoms with Gasteiger partial charge in [-0.15, -0.1) is 0 Å². The minimum atomic E-state index is -0.184. The normalized spacial score (nSPS) is 10.6. The van der Waals surface area contributed by atoms with Gasteiger partial charge < -0.3 is 10.2 Å². The van der Waals surface area contributed by atoms with E-state index in [4.69, 9.17) is 0 Å². The molecule has 2 N–H and O–H groups in total. The quantitative estimate of drug-likeness (QED) is 0.687. The zero-order valence-corrected chi connectivity index (χ0v) is 9.16. The molecule has 1 heterocycles. The number of nitrogens with one attached hydrogen (secondary N) is 2. The predicted octanol–water partition coefficient (Wildman–Crippen LogP) is -0.124. The van der Waals surface area contributed by atoms with E-state index in [0.29, 0.717) is 12.2 Å². The zero-order valence-electron chi connectivity index (χ0n) is 9.16. The van der Waals surface area contributed by atoms with Crippen molar-refractivity contribution >= 4 is 5.91 Å². The second-order valence-electron chi connectivity index (χ2n) is 3.14. The van der Waals surface area contributed by atoms with Crippen LogP contribution in [0.1, 0.15) is 24.3 Å². The number of H-pyrrole nitrogens is 1. The summed E-state index contributed by atoms with van der Waals surface area (Å²) in [6, 6.07) is 0. The van der Waals surface area contributed by atoms with Crippen molar-refractivity contribution in [1.29, 1.82) is 0 Å². The topological polar surface area (TPSA) is 73.9 Å². The molecule has 0 spiro atoms. The lowest BCUT2D eigenvalue weighted by Gasteiger charge is -2.17. The summed E-state index contributed by atoms with van der Waals surface area (Å²) in [5.41, 5.74) is 0.328. The third-order valence-corrected chi connectivity index (χ3v) is 2.26. The molecule has 0 unspecified atom stereocenters. The Morgan fingerprint density at radius 2 is 2.27 bits per heavy atom. The van der Waals surface area contributed by atoms with Crippen molar-refractivity contribution in [2.24, 2.45) is 0 Å². The summed E-state index contributed by atoms with van der Waals surface area (Å²) in [4.78, 5) is 13.7. The molecule has 0 bridgehead atoms. The number of nitrogens with zero attached hydrogens (tertiary/aromatic N) is 3. The van der Waals surface area contributed by atoms with Gasteiger partial charge in [0, 0.05) is 13.1 Å². The Labute approximate surface area is 89.0 Å². The predicted molar refractivity (Wildman–Crippen MR) is 56.5 cm³/mol. The van der Waals surface area contributed by atoms with E-state index in [9.17, 15) is 4.79 Å². The number of rotatable bonds is 6. The van der Waals surface area contributed by atoms with Crippen LogP contribution in [-0.2, 0) is 0 Å². The summed E-state index contributed by atoms with van der Waals surface area (Å²) in [5.74, 6) is -0.184. The lowest BCUT2D eigenvalue weighted by atomic mass is 10.4. The van der Waals surface area contributed by atoms with Crippen LogP contribution < -0.4 is 5.32 Å². The van der Waals surface area contributed by atoms with Gasteiger partial charge in [-0.3, -0.25) is 4.79 Å². The maximum atomic E-state index is 11.4. The summed E-state index contributed by atoms with van der Waals surface area (Å²) >= 11 is 0. The van der Waals surface area contributed by atoms with E-state index in [1.54, 1.807) is 0 Å². The Bertz CT molecular complexity index is 281. The lowest BCUT2D eigenvalue weighted by molar-refractivity contribution is 0.0944. The number of hydrogen-bond donors (Lipinski definition) is 2. The summed E-state index contributed by atoms with van der Waals surface area (Å²) in [6.45, 7) is 7.68. The molecule has 0 saturated carbocycles. The van der Waals surface area contributed by atoms with Gasteiger partial charge in [-0.2, -0.15) is 15.4 Å². The van der Waals surface area contributed by atoms with Crippen molar-refractivity contribution in [3.8, 4) is 0 Å². The first-order chi connectivity index (χ1) is 7.27. The molecule has 1 aromatic rings. The number of aromatic amines is 1. The minimum Gasteiger partial charge on any atom is -0.349 e. The van der Waals surface area contributed by atoms with E-state index in [2.05, 4.69) is 39.5 Å². The van der Waals surface area contributed by atoms with E-state index in [-0.39, 0.29) is 5.91 Å². The monoisotopic (exact) mass is 211 g/mol. The van der Waals surface area contributed by atoms with Gasteiger partial charge in [0.15, 0.2) is 5.69 Å². The van der Waals surface area contributed by atoms with Crippen molar-refractivity contribution in [3.05, 3.63) is 11.9 Å². The summed E-state index contributed by atoms with van der Waals surface area (Å²) in [7, 11) is 0. The number of carbonyl (C=O) groups is 1. The van der Waals surface area contributed by atoms with Crippen molar-refractivity contribution in [3.63, 3.8) is 0 Å². The molecule has 84 valence electrons. The van der Waals surface area contributed by atoms with E-state index in [1.807, 2.05) is 0 Å². The Morgan fingerprint density at radius 3 is 2.80 bits per heavy atom. The Balaban J connectivity index is 2.23. The van der Waals surface area contributed by atoms with Gasteiger partial charge in [-0.1, -0.05) is 13.8 Å². The summed E-state index contributed by atoms with van der Waals surface area (Å²) < 4.78 is 0. The standard InChI is InChI=1S/C9H17N5O/c1-3-14(4-2)6-5-10-9(15)8-7-11-13-12-8/h7H,3-6H2,1-2H3,(H,10,15)(H,11,12,13). The fourth-order valence-electron chi connectivity index (χ4n) is 1.27. The highest BCUT2D eigenvalue weighted by molar-refractivity contribution is 5.91. The van der Waals surface area contributed by atoms with Gasteiger partial charge in [0.2, 0.25) is 0 Å². The molecule has 0 radical (unpaired) electrons. The van der Waals surface area contributed by atoms with Gasteiger partial charge >= 0.3 is 0 Å². The largest absolute Gasteiger partial charge is 0.349 e. The molecule has 6 nitrogen and oxygen atoms in total. The van der Waals surface area contributed by atoms with Crippen molar-refractivity contribution in [2.75, 3.05) is 26.2 Å². The van der Waals surface area contributed by atoms with Crippen molar-refractivity contribution in [1.82, 2.24) is 25.6 Å². The number of carbonyl (C=O) groups excluding carboxylic acids is 1. The van der Waals surface area contributed by atoms with Gasteiger partial charge in [-0.25, -0.2) is 0 Å². The van der Waals surface area contributed by atoms with Crippen LogP contribution in [0.3, 0.4) is 0 Å². The molecule has 6 heteroatoms. The van der Waals surface area contributed by atoms with Gasteiger partial charge in [0.25, 0.3) is 5.91 Å². The van der Waals surface area contributed by atoms with Crippen LogP contribution in [-0.4, -0.2) is 52.4 Å². The molecule has 0 atom stereocenters. The maximum absolute atomic E-state index is 11.4. The van der Waals surface area contributed by atoms with Crippen LogP contribution in [0.25, 0.3) is 0 Å². The SMILES string of the molecule is CCN(CC)CCNC(=O)c1cn[nH]n1. The summed E-state index contributed by atoms with van der Waals surface area (Å²) in [6.07, 6.45) is 1.41. The number of aromatic nitrogens is 3. The first-order valence-electron chi connectivity index (χ1n) is 5.14. The van der Waals surface area contributed by atoms with Crippen LogP contribution >= 0.6 is 0 Å². The van der Waals surface area contributed by atoms with Crippen LogP contribution in [0.5, 0.6) is 0 Å². The zero-order chi connectivity index (χ0) is 11.1. The molecular weight excluding hydrogens is 194 g/mol. The van der Waals surface area contributed by atoms with Crippen molar-refractivity contribution < 1.29 is 4.79 Å². The summed E-state index contributed by atoms with van der Waals surface area (Å²) in [5, 5.41) is 12.4. The minimum absolute atomic E-state index is 0.184. The highest BCUT2D eigenvalue weighted by Gasteiger charge is 2.07. The molecule has 0 aliphatic heterocycles. The number of amides is 1. The molecule has 0 aromatic carbocycles. The Morgan fingerprint density at radius 1 is 1.53 bits per heavy atom. The molecule has 0 aliphatic carbocycles. The van der Waals surface area contributed by atoms with Gasteiger partial charge in [0.05, 0.1) is 6.20 Å². The van der Waals surface area contributed by atoms with E-state index in [0.717, 1.165) is 19.6 Å². The lowest BCUT2D eigenvalue weighted by Crippen LogP contribution is -2.34. The van der Waals surface area contributed by atoms with E-state index < -0.39 is 0 Å². The van der Waals surface area contributed by atoms with E-state index in [1.165, 1.54) is 6.20 Å². The Hall–Kier alpha value is -1.43. The van der Waals surface area contributed by atoms with Crippen LogP contribution in [0.2, 0.25) is 0 Å². The van der Waals surface area contributed by atoms with Crippen LogP contribution in [0, 0.1) is 0 Å². The molecule has 1 amide bonds. The third-order valence-electron chi connectivity index (χ3n) is 2.26. The van der Waals surface area contributed by atoms with Gasteiger partial charge in [0.1, 0.15) is 0 Å². The fourth-order valence-corrected chi connectivity index (χ4v) is 1.27. The average Bonchev–Trinajstić information content (AvgIpc) is 2.77. The molecule has 15 heavy (non-hydrogen) atoms. The molecule has 1 aromatic heterocycles. The molecule has 0 saturated heterocycles. The first-order valence-corrected chi connectivity index (χ1v) is 5.14. The maximum Gasteiger partial charge on any atom is 0.273 e. The van der Waals surface area contributed by atoms with Gasteiger partial charge in [-0.05, 0) is 13.1 Å². The van der Waals surface area contributed by atoms with Crippen LogP contribution in [0.15, 0.2) is 6.20 Å². The third kappa shape index (κ3) is 3.67. The second-order valence-corrected chi connectivity index (χ2v) is 3.14. The highest BCUT2D eigenvalue weighted by Crippen LogP contribution is 1.88. The smallest absolute Gasteiger partial charge is 0.273 e. The Kier molecular flexibility index (Phi) is 4.76. The number of likely N-dealkylation sites (N-methyl/N-ethyl adjacent to an activating group) is 1. The first kappa shape index (κ1) is 11.6. The fraction of sp³-hybridized carbons (Fsp3) is 0.667. The second kappa shape index (κ2) is 6.13. The number of hydrogen-bond acceptors (Lipinski definition) is 4. The molecule has 0 aliphatic rings.